The Morgan fingerprint density at radius 3 is 2.23 bits per heavy atom. The molecule has 0 radical (unpaired) electrons. The van der Waals surface area contributed by atoms with Gasteiger partial charge in [-0.05, 0) is 49.2 Å². The van der Waals surface area contributed by atoms with Crippen molar-refractivity contribution in [3.8, 4) is 11.5 Å². The number of anilines is 5. The molecule has 0 bridgehead atoms. The van der Waals surface area contributed by atoms with Crippen molar-refractivity contribution in [3.05, 3.63) is 53.9 Å². The molecule has 26 heavy (non-hydrogen) atoms. The fraction of sp³-hybridized carbons (Fsp3) is 0.158. The number of nitrogens with one attached hydrogen (secondary N) is 2. The Labute approximate surface area is 151 Å². The molecule has 0 saturated carbocycles. The molecule has 4 rings (SSSR count). The molecule has 0 atom stereocenters. The van der Waals surface area contributed by atoms with Crippen LogP contribution in [-0.4, -0.2) is 16.8 Å². The SMILES string of the molecule is Cc1cc(C)cc(Nc2ncnc(Nc3ccc4c(c3)OCO4)c2N)c1. The normalized spacial score (nSPS) is 12.1. The molecule has 132 valence electrons. The van der Waals surface area contributed by atoms with Gasteiger partial charge in [0.15, 0.2) is 23.1 Å². The fourth-order valence-electron chi connectivity index (χ4n) is 2.89. The third-order valence-corrected chi connectivity index (χ3v) is 4.00. The van der Waals surface area contributed by atoms with Crippen LogP contribution in [0.15, 0.2) is 42.7 Å². The molecule has 0 spiro atoms. The Morgan fingerprint density at radius 1 is 0.846 bits per heavy atom. The van der Waals surface area contributed by atoms with E-state index in [2.05, 4.69) is 26.7 Å². The van der Waals surface area contributed by atoms with Gasteiger partial charge in [0.05, 0.1) is 0 Å². The highest BCUT2D eigenvalue weighted by Crippen LogP contribution is 2.36. The summed E-state index contributed by atoms with van der Waals surface area (Å²) >= 11 is 0. The maximum Gasteiger partial charge on any atom is 0.231 e. The van der Waals surface area contributed by atoms with Gasteiger partial charge in [0.1, 0.15) is 12.0 Å². The smallest absolute Gasteiger partial charge is 0.231 e. The molecular weight excluding hydrogens is 330 g/mol. The highest BCUT2D eigenvalue weighted by Gasteiger charge is 2.15. The molecule has 3 aromatic rings. The van der Waals surface area contributed by atoms with Crippen LogP contribution in [0.5, 0.6) is 11.5 Å². The number of aryl methyl sites for hydroxylation is 2. The third-order valence-electron chi connectivity index (χ3n) is 4.00. The predicted molar refractivity (Wildman–Crippen MR) is 101 cm³/mol. The second-order valence-corrected chi connectivity index (χ2v) is 6.18. The Kier molecular flexibility index (Phi) is 3.96. The van der Waals surface area contributed by atoms with Crippen molar-refractivity contribution in [2.24, 2.45) is 0 Å². The zero-order valence-electron chi connectivity index (χ0n) is 14.5. The van der Waals surface area contributed by atoms with Crippen molar-refractivity contribution >= 4 is 28.7 Å². The predicted octanol–water partition coefficient (Wildman–Crippen LogP) is 3.89. The number of benzene rings is 2. The van der Waals surface area contributed by atoms with Crippen LogP contribution < -0.4 is 25.8 Å². The molecule has 0 saturated heterocycles. The Morgan fingerprint density at radius 2 is 1.50 bits per heavy atom. The van der Waals surface area contributed by atoms with Crippen molar-refractivity contribution < 1.29 is 9.47 Å². The zero-order valence-corrected chi connectivity index (χ0v) is 14.5. The minimum atomic E-state index is 0.235. The average molecular weight is 349 g/mol. The molecule has 0 amide bonds. The van der Waals surface area contributed by atoms with E-state index < -0.39 is 0 Å². The minimum absolute atomic E-state index is 0.235. The van der Waals surface area contributed by atoms with Gasteiger partial charge in [-0.15, -0.1) is 0 Å². The van der Waals surface area contributed by atoms with Gasteiger partial charge in [0, 0.05) is 17.4 Å². The van der Waals surface area contributed by atoms with Gasteiger partial charge >= 0.3 is 0 Å². The summed E-state index contributed by atoms with van der Waals surface area (Å²) in [6, 6.07) is 11.8. The van der Waals surface area contributed by atoms with Crippen LogP contribution in [0.1, 0.15) is 11.1 Å². The molecule has 2 aromatic carbocycles. The summed E-state index contributed by atoms with van der Waals surface area (Å²) < 4.78 is 10.7. The summed E-state index contributed by atoms with van der Waals surface area (Å²) in [5.41, 5.74) is 10.8. The molecule has 1 aliphatic rings. The van der Waals surface area contributed by atoms with Crippen LogP contribution in [0.2, 0.25) is 0 Å². The highest BCUT2D eigenvalue weighted by molar-refractivity contribution is 5.80. The molecule has 2 heterocycles. The second-order valence-electron chi connectivity index (χ2n) is 6.18. The monoisotopic (exact) mass is 349 g/mol. The number of ether oxygens (including phenoxy) is 2. The van der Waals surface area contributed by atoms with E-state index in [1.165, 1.54) is 17.5 Å². The van der Waals surface area contributed by atoms with E-state index in [0.29, 0.717) is 23.1 Å². The van der Waals surface area contributed by atoms with Crippen LogP contribution in [0, 0.1) is 13.8 Å². The molecule has 0 fully saturated rings. The maximum atomic E-state index is 6.26. The van der Waals surface area contributed by atoms with Gasteiger partial charge in [-0.1, -0.05) is 6.07 Å². The van der Waals surface area contributed by atoms with E-state index in [9.17, 15) is 0 Å². The molecule has 1 aliphatic heterocycles. The summed E-state index contributed by atoms with van der Waals surface area (Å²) in [5, 5.41) is 6.46. The summed E-state index contributed by atoms with van der Waals surface area (Å²) in [6.45, 7) is 4.33. The van der Waals surface area contributed by atoms with Gasteiger partial charge in [-0.2, -0.15) is 0 Å². The van der Waals surface area contributed by atoms with Crippen LogP contribution in [-0.2, 0) is 0 Å². The minimum Gasteiger partial charge on any atom is -0.454 e. The van der Waals surface area contributed by atoms with E-state index >= 15 is 0 Å². The lowest BCUT2D eigenvalue weighted by Gasteiger charge is -2.13. The summed E-state index contributed by atoms with van der Waals surface area (Å²) in [6.07, 6.45) is 1.47. The van der Waals surface area contributed by atoms with E-state index in [1.807, 2.05) is 44.2 Å². The fourth-order valence-corrected chi connectivity index (χ4v) is 2.89. The van der Waals surface area contributed by atoms with Gasteiger partial charge < -0.3 is 25.8 Å². The first-order valence-corrected chi connectivity index (χ1v) is 8.21. The van der Waals surface area contributed by atoms with E-state index in [0.717, 1.165) is 17.1 Å². The molecule has 4 N–H and O–H groups in total. The average Bonchev–Trinajstić information content (AvgIpc) is 3.05. The molecule has 0 unspecified atom stereocenters. The van der Waals surface area contributed by atoms with Crippen molar-refractivity contribution in [1.29, 1.82) is 0 Å². The van der Waals surface area contributed by atoms with Gasteiger partial charge in [-0.25, -0.2) is 9.97 Å². The Hall–Kier alpha value is -3.48. The van der Waals surface area contributed by atoms with E-state index in [-0.39, 0.29) is 6.79 Å². The number of hydrogen-bond acceptors (Lipinski definition) is 7. The zero-order chi connectivity index (χ0) is 18.1. The lowest BCUT2D eigenvalue weighted by atomic mass is 10.1. The summed E-state index contributed by atoms with van der Waals surface area (Å²) in [7, 11) is 0. The number of nitrogens with two attached hydrogens (primary N) is 1. The number of hydrogen-bond donors (Lipinski definition) is 3. The lowest BCUT2D eigenvalue weighted by Crippen LogP contribution is -2.05. The molecule has 7 nitrogen and oxygen atoms in total. The quantitative estimate of drug-likeness (QED) is 0.658. The number of fused-ring (bicyclic) bond motifs is 1. The Bertz CT molecular complexity index is 954. The first-order valence-electron chi connectivity index (χ1n) is 8.21. The number of nitrogens with zero attached hydrogens (tertiary/aromatic N) is 2. The van der Waals surface area contributed by atoms with Crippen LogP contribution in [0.3, 0.4) is 0 Å². The summed E-state index contributed by atoms with van der Waals surface area (Å²) in [4.78, 5) is 8.51. The Balaban J connectivity index is 1.59. The van der Waals surface area contributed by atoms with Gasteiger partial charge in [0.25, 0.3) is 0 Å². The second kappa shape index (κ2) is 6.44. The summed E-state index contributed by atoms with van der Waals surface area (Å²) in [5.74, 6) is 2.48. The molecule has 0 aliphatic carbocycles. The highest BCUT2D eigenvalue weighted by atomic mass is 16.7. The lowest BCUT2D eigenvalue weighted by molar-refractivity contribution is 0.174. The van der Waals surface area contributed by atoms with E-state index in [4.69, 9.17) is 15.2 Å². The molecule has 1 aromatic heterocycles. The number of rotatable bonds is 4. The standard InChI is InChI=1S/C19H19N5O2/c1-11-5-12(2)7-14(6-11)24-19-17(20)18(21-9-22-19)23-13-3-4-15-16(8-13)26-10-25-15/h3-9H,10,20H2,1-2H3,(H2,21,22,23,24). The number of aromatic nitrogens is 2. The van der Waals surface area contributed by atoms with Gasteiger partial charge in [0.2, 0.25) is 6.79 Å². The maximum absolute atomic E-state index is 6.26. The third kappa shape index (κ3) is 3.19. The molecule has 7 heteroatoms. The first-order chi connectivity index (χ1) is 12.6. The topological polar surface area (TPSA) is 94.3 Å². The first kappa shape index (κ1) is 16.0. The number of nitrogen functional groups attached to an aromatic ring is 1. The van der Waals surface area contributed by atoms with Crippen LogP contribution in [0.4, 0.5) is 28.7 Å². The van der Waals surface area contributed by atoms with Crippen molar-refractivity contribution in [2.75, 3.05) is 23.2 Å². The largest absolute Gasteiger partial charge is 0.454 e. The van der Waals surface area contributed by atoms with Crippen molar-refractivity contribution in [2.45, 2.75) is 13.8 Å². The van der Waals surface area contributed by atoms with Crippen LogP contribution in [0.25, 0.3) is 0 Å². The molecular formula is C19H19N5O2. The van der Waals surface area contributed by atoms with Crippen LogP contribution >= 0.6 is 0 Å². The van der Waals surface area contributed by atoms with E-state index in [1.54, 1.807) is 0 Å². The van der Waals surface area contributed by atoms with Crippen molar-refractivity contribution in [1.82, 2.24) is 9.97 Å². The van der Waals surface area contributed by atoms with Crippen molar-refractivity contribution in [3.63, 3.8) is 0 Å². The van der Waals surface area contributed by atoms with Gasteiger partial charge in [-0.3, -0.25) is 0 Å².